The largest absolute Gasteiger partial charge is 0.491 e. The molecule has 0 N–H and O–H groups in total. The van der Waals surface area contributed by atoms with Crippen molar-refractivity contribution in [1.29, 1.82) is 10.5 Å². The smallest absolute Gasteiger partial charge is 0.162 e. The maximum atomic E-state index is 9.49. The van der Waals surface area contributed by atoms with Gasteiger partial charge >= 0.3 is 0 Å². The van der Waals surface area contributed by atoms with E-state index in [-0.39, 0.29) is 37.6 Å². The molecule has 0 aliphatic carbocycles. The Morgan fingerprint density at radius 1 is 0.440 bits per heavy atom. The van der Waals surface area contributed by atoms with Crippen molar-refractivity contribution in [3.05, 3.63) is 108 Å². The fraction of sp³-hybridized carbons (Fsp3) is 0.200. The summed E-state index contributed by atoms with van der Waals surface area (Å²) < 4.78 is 35.0. The number of benzene rings is 4. The highest BCUT2D eigenvalue weighted by Gasteiger charge is 2.13. The van der Waals surface area contributed by atoms with Gasteiger partial charge in [0.1, 0.15) is 50.1 Å². The minimum atomic E-state index is 0.201. The molecule has 0 saturated carbocycles. The molecule has 2 aromatic heterocycles. The van der Waals surface area contributed by atoms with E-state index in [1.54, 1.807) is 0 Å². The first-order valence-electron chi connectivity index (χ1n) is 16.2. The van der Waals surface area contributed by atoms with Crippen molar-refractivity contribution in [2.45, 2.75) is 0 Å². The molecule has 6 aromatic rings. The minimum Gasteiger partial charge on any atom is -0.491 e. The Hall–Kier alpha value is -6.20. The van der Waals surface area contributed by atoms with Crippen LogP contribution in [0.5, 0.6) is 23.0 Å². The molecule has 3 aliphatic rings. The van der Waals surface area contributed by atoms with Gasteiger partial charge < -0.3 is 28.4 Å². The van der Waals surface area contributed by atoms with E-state index in [0.29, 0.717) is 37.9 Å². The molecule has 10 heteroatoms. The van der Waals surface area contributed by atoms with Gasteiger partial charge in [0.15, 0.2) is 11.5 Å². The summed E-state index contributed by atoms with van der Waals surface area (Å²) in [5.41, 5.74) is 5.70. The first-order chi connectivity index (χ1) is 24.7. The van der Waals surface area contributed by atoms with Crippen molar-refractivity contribution >= 4 is 21.8 Å². The van der Waals surface area contributed by atoms with Gasteiger partial charge in [-0.25, -0.2) is 9.97 Å². The highest BCUT2D eigenvalue weighted by molar-refractivity contribution is 6.04. The highest BCUT2D eigenvalue weighted by atomic mass is 16.6. The number of nitrogens with zero attached hydrogens (tertiary/aromatic N) is 4. The molecule has 0 saturated heterocycles. The third-order valence-corrected chi connectivity index (χ3v) is 8.11. The van der Waals surface area contributed by atoms with Gasteiger partial charge in [-0.1, -0.05) is 24.3 Å². The van der Waals surface area contributed by atoms with E-state index in [1.807, 2.05) is 72.8 Å². The van der Waals surface area contributed by atoms with Crippen LogP contribution in [0.3, 0.4) is 0 Å². The Kier molecular flexibility index (Phi) is 9.93. The monoisotopic (exact) mass is 664 g/mol. The second kappa shape index (κ2) is 15.3. The molecule has 10 nitrogen and oxygen atoms in total. The lowest BCUT2D eigenvalue weighted by molar-refractivity contribution is 0.0699. The zero-order chi connectivity index (χ0) is 34.1. The summed E-state index contributed by atoms with van der Waals surface area (Å²) in [6.45, 7) is 2.40. The average Bonchev–Trinajstić information content (AvgIpc) is 3.17. The van der Waals surface area contributed by atoms with Gasteiger partial charge in [0.25, 0.3) is 0 Å². The molecule has 248 valence electrons. The standard InChI is InChI=1S/C40H32N4O6/c41-25-31-23-37-38(24-32(31)26-42)50-22-18-46-16-20-48-34-11-5-28(6-12-34)36-14-8-30-2-1-29-7-13-35(43-39(29)40(30)44-36)27-3-9-33(10-4-27)47-19-15-45-17-21-49-37/h1-14,23-24H,15-22H2. The molecule has 3 aliphatic heterocycles. The summed E-state index contributed by atoms with van der Waals surface area (Å²) in [4.78, 5) is 10.1. The minimum absolute atomic E-state index is 0.201. The fourth-order valence-corrected chi connectivity index (χ4v) is 5.57. The molecule has 0 spiro atoms. The van der Waals surface area contributed by atoms with Crippen molar-refractivity contribution < 1.29 is 28.4 Å². The van der Waals surface area contributed by atoms with Crippen LogP contribution < -0.4 is 18.9 Å². The van der Waals surface area contributed by atoms with Crippen molar-refractivity contribution in [1.82, 2.24) is 9.97 Å². The summed E-state index contributed by atoms with van der Waals surface area (Å²) in [6, 6.07) is 35.0. The summed E-state index contributed by atoms with van der Waals surface area (Å²) in [5, 5.41) is 21.0. The van der Waals surface area contributed by atoms with Crippen LogP contribution in [-0.2, 0) is 9.47 Å². The SMILES string of the molecule is N#Cc1cc2c(cc1C#N)OCCOCCOc1ccc(cc1)-c1ccc3ccc4ccc(nc4c3n1)-c1ccc(cc1)OCCOCCO2. The number of aromatic nitrogens is 2. The Morgan fingerprint density at radius 2 is 0.820 bits per heavy atom. The summed E-state index contributed by atoms with van der Waals surface area (Å²) in [7, 11) is 0. The molecule has 8 bridgehead atoms. The first kappa shape index (κ1) is 32.4. The van der Waals surface area contributed by atoms with E-state index >= 15 is 0 Å². The van der Waals surface area contributed by atoms with Crippen LogP contribution in [0.1, 0.15) is 11.1 Å². The fourth-order valence-electron chi connectivity index (χ4n) is 5.57. The number of hydrogen-bond donors (Lipinski definition) is 0. The third-order valence-electron chi connectivity index (χ3n) is 8.11. The van der Waals surface area contributed by atoms with Crippen LogP contribution in [0.2, 0.25) is 0 Å². The van der Waals surface area contributed by atoms with E-state index in [9.17, 15) is 10.5 Å². The van der Waals surface area contributed by atoms with Gasteiger partial charge in [0.2, 0.25) is 0 Å². The van der Waals surface area contributed by atoms with Crippen LogP contribution in [0.15, 0.2) is 97.1 Å². The van der Waals surface area contributed by atoms with E-state index in [0.717, 1.165) is 55.8 Å². The molecule has 0 atom stereocenters. The van der Waals surface area contributed by atoms with Crippen molar-refractivity contribution in [2.24, 2.45) is 0 Å². The van der Waals surface area contributed by atoms with Gasteiger partial charge in [-0.2, -0.15) is 10.5 Å². The van der Waals surface area contributed by atoms with Gasteiger partial charge in [-0.05, 0) is 60.7 Å². The molecular formula is C40H32N4O6. The molecule has 50 heavy (non-hydrogen) atoms. The second-order valence-electron chi connectivity index (χ2n) is 11.3. The van der Waals surface area contributed by atoms with Gasteiger partial charge in [-0.3, -0.25) is 0 Å². The number of ether oxygens (including phenoxy) is 6. The number of hydrogen-bond acceptors (Lipinski definition) is 10. The lowest BCUT2D eigenvalue weighted by atomic mass is 10.1. The van der Waals surface area contributed by atoms with Crippen LogP contribution in [0.25, 0.3) is 44.3 Å². The molecule has 0 unspecified atom stereocenters. The predicted molar refractivity (Wildman–Crippen MR) is 187 cm³/mol. The van der Waals surface area contributed by atoms with Crippen molar-refractivity contribution in [2.75, 3.05) is 52.9 Å². The lowest BCUT2D eigenvalue weighted by Gasteiger charge is -2.14. The molecule has 4 aromatic carbocycles. The average molecular weight is 665 g/mol. The number of nitriles is 2. The highest BCUT2D eigenvalue weighted by Crippen LogP contribution is 2.32. The Bertz CT molecular complexity index is 2050. The predicted octanol–water partition coefficient (Wildman–Crippen LogP) is 7.12. The normalized spacial score (nSPS) is 14.2. The lowest BCUT2D eigenvalue weighted by Crippen LogP contribution is -2.14. The topological polar surface area (TPSA) is 129 Å². The Balaban J connectivity index is 1.11. The molecule has 0 amide bonds. The van der Waals surface area contributed by atoms with Crippen LogP contribution in [-0.4, -0.2) is 62.8 Å². The summed E-state index contributed by atoms with van der Waals surface area (Å²) in [5.74, 6) is 2.13. The van der Waals surface area contributed by atoms with E-state index < -0.39 is 0 Å². The van der Waals surface area contributed by atoms with E-state index in [4.69, 9.17) is 38.4 Å². The van der Waals surface area contributed by atoms with Crippen molar-refractivity contribution in [3.63, 3.8) is 0 Å². The summed E-state index contributed by atoms with van der Waals surface area (Å²) in [6.07, 6.45) is 0. The van der Waals surface area contributed by atoms with E-state index in [2.05, 4.69) is 24.3 Å². The zero-order valence-electron chi connectivity index (χ0n) is 27.1. The number of rotatable bonds is 0. The van der Waals surface area contributed by atoms with Crippen LogP contribution in [0.4, 0.5) is 0 Å². The number of pyridine rings is 2. The third kappa shape index (κ3) is 7.43. The Morgan fingerprint density at radius 3 is 1.22 bits per heavy atom. The Labute approximate surface area is 289 Å². The molecule has 0 fully saturated rings. The quantitative estimate of drug-likeness (QED) is 0.155. The van der Waals surface area contributed by atoms with Gasteiger partial charge in [-0.15, -0.1) is 0 Å². The van der Waals surface area contributed by atoms with Crippen molar-refractivity contribution in [3.8, 4) is 57.7 Å². The van der Waals surface area contributed by atoms with Gasteiger partial charge in [0.05, 0.1) is 60.0 Å². The second-order valence-corrected chi connectivity index (χ2v) is 11.3. The van der Waals surface area contributed by atoms with Gasteiger partial charge in [0, 0.05) is 34.0 Å². The molecule has 0 radical (unpaired) electrons. The van der Waals surface area contributed by atoms with E-state index in [1.165, 1.54) is 12.1 Å². The molecule has 5 heterocycles. The molecule has 9 rings (SSSR count). The maximum Gasteiger partial charge on any atom is 0.162 e. The molecular weight excluding hydrogens is 632 g/mol. The first-order valence-corrected chi connectivity index (χ1v) is 16.2. The zero-order valence-corrected chi connectivity index (χ0v) is 27.1. The van der Waals surface area contributed by atoms with Crippen LogP contribution >= 0.6 is 0 Å². The number of fused-ring (bicyclic) bond motifs is 2. The maximum absolute atomic E-state index is 9.49. The summed E-state index contributed by atoms with van der Waals surface area (Å²) >= 11 is 0. The van der Waals surface area contributed by atoms with Crippen LogP contribution in [0, 0.1) is 22.7 Å².